The fourth-order valence-electron chi connectivity index (χ4n) is 2.95. The molecule has 1 aromatic rings. The van der Waals surface area contributed by atoms with Gasteiger partial charge in [0.1, 0.15) is 0 Å². The van der Waals surface area contributed by atoms with Gasteiger partial charge in [-0.25, -0.2) is 0 Å². The molecule has 1 fully saturated rings. The minimum absolute atomic E-state index is 0.510. The summed E-state index contributed by atoms with van der Waals surface area (Å²) in [6.07, 6.45) is 3.57. The number of hydrogen-bond acceptors (Lipinski definition) is 3. The topological polar surface area (TPSA) is 40.5 Å². The number of rotatable bonds is 5. The Bertz CT molecular complexity index is 387. The summed E-state index contributed by atoms with van der Waals surface area (Å²) in [5, 5.41) is 11.6. The molecule has 1 saturated heterocycles. The highest BCUT2D eigenvalue weighted by Crippen LogP contribution is 2.35. The molecule has 4 heteroatoms. The molecule has 1 atom stereocenters. The van der Waals surface area contributed by atoms with Gasteiger partial charge in [-0.1, -0.05) is 19.4 Å². The Morgan fingerprint density at radius 2 is 2.44 bits per heavy atom. The van der Waals surface area contributed by atoms with Gasteiger partial charge < -0.3 is 5.11 Å². The van der Waals surface area contributed by atoms with Crippen LogP contribution in [0.1, 0.15) is 37.5 Å². The monoisotopic (exact) mass is 267 g/mol. The van der Waals surface area contributed by atoms with Gasteiger partial charge in [-0.05, 0) is 37.3 Å². The number of thiophene rings is 1. The highest BCUT2D eigenvalue weighted by atomic mass is 32.1. The van der Waals surface area contributed by atoms with Gasteiger partial charge in [-0.3, -0.25) is 9.69 Å². The number of carbonyl (C=O) groups is 1. The fourth-order valence-corrected chi connectivity index (χ4v) is 3.70. The zero-order valence-corrected chi connectivity index (χ0v) is 11.7. The summed E-state index contributed by atoms with van der Waals surface area (Å²) < 4.78 is 0. The first kappa shape index (κ1) is 13.6. The van der Waals surface area contributed by atoms with Gasteiger partial charge in [0, 0.05) is 18.0 Å². The predicted molar refractivity (Wildman–Crippen MR) is 73.8 cm³/mol. The van der Waals surface area contributed by atoms with E-state index < -0.39 is 11.4 Å². The smallest absolute Gasteiger partial charge is 0.310 e. The zero-order valence-electron chi connectivity index (χ0n) is 10.9. The Morgan fingerprint density at radius 1 is 1.61 bits per heavy atom. The first-order chi connectivity index (χ1) is 8.66. The van der Waals surface area contributed by atoms with Crippen LogP contribution in [-0.2, 0) is 11.3 Å². The Balaban J connectivity index is 2.04. The molecule has 18 heavy (non-hydrogen) atoms. The molecular formula is C14H21NO2S. The minimum atomic E-state index is -0.611. The molecule has 1 aliphatic heterocycles. The molecule has 100 valence electrons. The van der Waals surface area contributed by atoms with Crippen molar-refractivity contribution in [2.45, 2.75) is 39.2 Å². The van der Waals surface area contributed by atoms with E-state index in [-0.39, 0.29) is 0 Å². The van der Waals surface area contributed by atoms with E-state index in [0.717, 1.165) is 38.8 Å². The lowest BCUT2D eigenvalue weighted by molar-refractivity contribution is -0.153. The van der Waals surface area contributed by atoms with Crippen LogP contribution in [0, 0.1) is 5.41 Å². The number of nitrogens with zero attached hydrogens (tertiary/aromatic N) is 1. The maximum atomic E-state index is 11.6. The molecule has 3 nitrogen and oxygen atoms in total. The van der Waals surface area contributed by atoms with E-state index in [1.807, 2.05) is 0 Å². The predicted octanol–water partition coefficient (Wildman–Crippen LogP) is 3.22. The van der Waals surface area contributed by atoms with Crippen molar-refractivity contribution in [1.82, 2.24) is 4.90 Å². The molecular weight excluding hydrogens is 246 g/mol. The molecule has 1 N–H and O–H groups in total. The third-order valence-corrected chi connectivity index (χ3v) is 4.66. The Morgan fingerprint density at radius 3 is 3.06 bits per heavy atom. The SMILES string of the molecule is CCCC1(C(=O)O)CCCN(Cc2cccs2)C1. The number of carboxylic acids is 1. The van der Waals surface area contributed by atoms with E-state index in [4.69, 9.17) is 0 Å². The third-order valence-electron chi connectivity index (χ3n) is 3.80. The number of likely N-dealkylation sites (tertiary alicyclic amines) is 1. The van der Waals surface area contributed by atoms with Gasteiger partial charge in [-0.2, -0.15) is 0 Å². The van der Waals surface area contributed by atoms with Gasteiger partial charge in [0.05, 0.1) is 5.41 Å². The molecule has 0 radical (unpaired) electrons. The quantitative estimate of drug-likeness (QED) is 0.890. The van der Waals surface area contributed by atoms with Crippen molar-refractivity contribution >= 4 is 17.3 Å². The first-order valence-corrected chi connectivity index (χ1v) is 7.52. The second kappa shape index (κ2) is 5.85. The van der Waals surface area contributed by atoms with Gasteiger partial charge in [0.2, 0.25) is 0 Å². The molecule has 0 saturated carbocycles. The second-order valence-corrected chi connectivity index (χ2v) is 6.26. The van der Waals surface area contributed by atoms with Gasteiger partial charge in [0.15, 0.2) is 0 Å². The van der Waals surface area contributed by atoms with Crippen LogP contribution in [0.25, 0.3) is 0 Å². The van der Waals surface area contributed by atoms with Crippen molar-refractivity contribution < 1.29 is 9.90 Å². The summed E-state index contributed by atoms with van der Waals surface area (Å²) in [4.78, 5) is 15.2. The van der Waals surface area contributed by atoms with Crippen molar-refractivity contribution in [3.8, 4) is 0 Å². The van der Waals surface area contributed by atoms with Crippen LogP contribution in [-0.4, -0.2) is 29.1 Å². The van der Waals surface area contributed by atoms with E-state index in [2.05, 4.69) is 29.3 Å². The largest absolute Gasteiger partial charge is 0.481 e. The zero-order chi connectivity index (χ0) is 13.0. The third kappa shape index (κ3) is 2.93. The minimum Gasteiger partial charge on any atom is -0.481 e. The van der Waals surface area contributed by atoms with Crippen molar-refractivity contribution in [1.29, 1.82) is 0 Å². The summed E-state index contributed by atoms with van der Waals surface area (Å²) in [6, 6.07) is 4.18. The molecule has 2 heterocycles. The summed E-state index contributed by atoms with van der Waals surface area (Å²) in [5.74, 6) is -0.611. The van der Waals surface area contributed by atoms with Crippen LogP contribution in [0.5, 0.6) is 0 Å². The first-order valence-electron chi connectivity index (χ1n) is 6.64. The van der Waals surface area contributed by atoms with Crippen molar-refractivity contribution in [3.05, 3.63) is 22.4 Å². The average molecular weight is 267 g/mol. The van der Waals surface area contributed by atoms with Crippen LogP contribution in [0.15, 0.2) is 17.5 Å². The lowest BCUT2D eigenvalue weighted by atomic mass is 9.76. The lowest BCUT2D eigenvalue weighted by Gasteiger charge is -2.39. The number of hydrogen-bond donors (Lipinski definition) is 1. The average Bonchev–Trinajstić information content (AvgIpc) is 2.82. The Labute approximate surface area is 112 Å². The van der Waals surface area contributed by atoms with Gasteiger partial charge >= 0.3 is 5.97 Å². The number of piperidine rings is 1. The molecule has 1 aliphatic rings. The summed E-state index contributed by atoms with van der Waals surface area (Å²) in [7, 11) is 0. The van der Waals surface area contributed by atoms with Crippen LogP contribution in [0.2, 0.25) is 0 Å². The maximum absolute atomic E-state index is 11.6. The molecule has 2 rings (SSSR count). The van der Waals surface area contributed by atoms with E-state index >= 15 is 0 Å². The van der Waals surface area contributed by atoms with E-state index in [0.29, 0.717) is 6.54 Å². The van der Waals surface area contributed by atoms with E-state index in [1.54, 1.807) is 11.3 Å². The highest BCUT2D eigenvalue weighted by molar-refractivity contribution is 7.09. The van der Waals surface area contributed by atoms with Crippen molar-refractivity contribution in [2.75, 3.05) is 13.1 Å². The molecule has 0 amide bonds. The van der Waals surface area contributed by atoms with Gasteiger partial charge in [0.25, 0.3) is 0 Å². The van der Waals surface area contributed by atoms with E-state index in [1.165, 1.54) is 4.88 Å². The molecule has 1 unspecified atom stereocenters. The van der Waals surface area contributed by atoms with Crippen molar-refractivity contribution in [2.24, 2.45) is 5.41 Å². The number of carboxylic acid groups (broad SMARTS) is 1. The summed E-state index contributed by atoms with van der Waals surface area (Å²) in [6.45, 7) is 4.70. The van der Waals surface area contributed by atoms with Crippen LogP contribution >= 0.6 is 11.3 Å². The standard InChI is InChI=1S/C14H21NO2S/c1-2-6-14(13(16)17)7-4-8-15(11-14)10-12-5-3-9-18-12/h3,5,9H,2,4,6-8,10-11H2,1H3,(H,16,17). The molecule has 0 aliphatic carbocycles. The van der Waals surface area contributed by atoms with Gasteiger partial charge in [-0.15, -0.1) is 11.3 Å². The molecule has 0 bridgehead atoms. The summed E-state index contributed by atoms with van der Waals surface area (Å²) in [5.41, 5.74) is -0.510. The van der Waals surface area contributed by atoms with Crippen LogP contribution in [0.4, 0.5) is 0 Å². The fraction of sp³-hybridized carbons (Fsp3) is 0.643. The Hall–Kier alpha value is -0.870. The second-order valence-electron chi connectivity index (χ2n) is 5.23. The van der Waals surface area contributed by atoms with Crippen LogP contribution in [0.3, 0.4) is 0 Å². The highest BCUT2D eigenvalue weighted by Gasteiger charge is 2.41. The Kier molecular flexibility index (Phi) is 4.40. The number of aliphatic carboxylic acids is 1. The molecule has 1 aromatic heterocycles. The molecule has 0 aromatic carbocycles. The molecule has 0 spiro atoms. The van der Waals surface area contributed by atoms with E-state index in [9.17, 15) is 9.90 Å². The van der Waals surface area contributed by atoms with Crippen molar-refractivity contribution in [3.63, 3.8) is 0 Å². The lowest BCUT2D eigenvalue weighted by Crippen LogP contribution is -2.47. The summed E-state index contributed by atoms with van der Waals surface area (Å²) >= 11 is 1.75. The normalized spacial score (nSPS) is 25.2. The van der Waals surface area contributed by atoms with Crippen LogP contribution < -0.4 is 0 Å². The maximum Gasteiger partial charge on any atom is 0.310 e.